The highest BCUT2D eigenvalue weighted by molar-refractivity contribution is 5.77. The molecule has 0 radical (unpaired) electrons. The van der Waals surface area contributed by atoms with Crippen LogP contribution in [-0.2, 0) is 16.1 Å². The van der Waals surface area contributed by atoms with Gasteiger partial charge >= 0.3 is 6.18 Å². The van der Waals surface area contributed by atoms with Crippen molar-refractivity contribution in [1.29, 1.82) is 0 Å². The number of aromatic nitrogens is 2. The number of alkyl halides is 3. The van der Waals surface area contributed by atoms with E-state index < -0.39 is 25.3 Å². The van der Waals surface area contributed by atoms with E-state index in [1.54, 1.807) is 28.0 Å². The van der Waals surface area contributed by atoms with Gasteiger partial charge in [-0.05, 0) is 25.3 Å². The van der Waals surface area contributed by atoms with Crippen molar-refractivity contribution in [2.24, 2.45) is 0 Å². The Hall–Kier alpha value is -1.57. The summed E-state index contributed by atoms with van der Waals surface area (Å²) in [6.07, 6.45) is 1.74. The number of rotatable bonds is 5. The first-order chi connectivity index (χ1) is 9.96. The lowest BCUT2D eigenvalue weighted by molar-refractivity contribution is -0.178. The SMILES string of the molecule is O=C(COCC(F)(F)F)N1CCCC[C@H]1Cn1cccn1. The van der Waals surface area contributed by atoms with Gasteiger partial charge < -0.3 is 9.64 Å². The van der Waals surface area contributed by atoms with E-state index in [1.165, 1.54) is 0 Å². The van der Waals surface area contributed by atoms with E-state index in [-0.39, 0.29) is 6.04 Å². The summed E-state index contributed by atoms with van der Waals surface area (Å²) in [4.78, 5) is 13.6. The third kappa shape index (κ3) is 5.04. The van der Waals surface area contributed by atoms with Gasteiger partial charge in [-0.1, -0.05) is 0 Å². The molecule has 1 aromatic heterocycles. The molecule has 1 saturated heterocycles. The van der Waals surface area contributed by atoms with E-state index in [9.17, 15) is 18.0 Å². The van der Waals surface area contributed by atoms with Crippen LogP contribution in [0, 0.1) is 0 Å². The van der Waals surface area contributed by atoms with Crippen LogP contribution in [0.2, 0.25) is 0 Å². The minimum atomic E-state index is -4.41. The molecule has 5 nitrogen and oxygen atoms in total. The summed E-state index contributed by atoms with van der Waals surface area (Å²) < 4.78 is 42.2. The van der Waals surface area contributed by atoms with Gasteiger partial charge in [-0.2, -0.15) is 18.3 Å². The lowest BCUT2D eigenvalue weighted by Crippen LogP contribution is -2.47. The van der Waals surface area contributed by atoms with E-state index in [4.69, 9.17) is 0 Å². The number of hydrogen-bond acceptors (Lipinski definition) is 3. The lowest BCUT2D eigenvalue weighted by Gasteiger charge is -2.35. The highest BCUT2D eigenvalue weighted by Gasteiger charge is 2.30. The van der Waals surface area contributed by atoms with Gasteiger partial charge in [0.15, 0.2) is 0 Å². The summed E-state index contributed by atoms with van der Waals surface area (Å²) in [5.74, 6) is -0.392. The molecule has 21 heavy (non-hydrogen) atoms. The lowest BCUT2D eigenvalue weighted by atomic mass is 10.0. The molecular weight excluding hydrogens is 287 g/mol. The molecule has 0 saturated carbocycles. The molecule has 2 rings (SSSR count). The van der Waals surface area contributed by atoms with Gasteiger partial charge in [-0.3, -0.25) is 9.48 Å². The van der Waals surface area contributed by atoms with Crippen molar-refractivity contribution in [1.82, 2.24) is 14.7 Å². The molecule has 0 unspecified atom stereocenters. The van der Waals surface area contributed by atoms with E-state index in [2.05, 4.69) is 9.84 Å². The van der Waals surface area contributed by atoms with Gasteiger partial charge in [0.2, 0.25) is 5.91 Å². The molecule has 0 aromatic carbocycles. The summed E-state index contributed by atoms with van der Waals surface area (Å²) in [7, 11) is 0. The third-order valence-electron chi connectivity index (χ3n) is 3.40. The number of hydrogen-bond donors (Lipinski definition) is 0. The second-order valence-electron chi connectivity index (χ2n) is 5.07. The third-order valence-corrected chi connectivity index (χ3v) is 3.40. The van der Waals surface area contributed by atoms with Crippen LogP contribution in [0.15, 0.2) is 18.5 Å². The fourth-order valence-corrected chi connectivity index (χ4v) is 2.48. The number of carbonyl (C=O) groups is 1. The average Bonchev–Trinajstić information content (AvgIpc) is 2.90. The smallest absolute Gasteiger partial charge is 0.362 e. The zero-order valence-electron chi connectivity index (χ0n) is 11.6. The van der Waals surface area contributed by atoms with Gasteiger partial charge in [0.1, 0.15) is 13.2 Å². The standard InChI is InChI=1S/C13H18F3N3O2/c14-13(15,16)10-21-9-12(20)19-7-2-1-4-11(19)8-18-6-3-5-17-18/h3,5-6,11H,1-2,4,7-10H2/t11-/m0/s1. The van der Waals surface area contributed by atoms with Gasteiger partial charge in [-0.25, -0.2) is 0 Å². The van der Waals surface area contributed by atoms with Gasteiger partial charge in [0.25, 0.3) is 0 Å². The summed E-state index contributed by atoms with van der Waals surface area (Å²) in [5.41, 5.74) is 0. The molecule has 0 bridgehead atoms. The minimum Gasteiger partial charge on any atom is -0.362 e. The van der Waals surface area contributed by atoms with Crippen molar-refractivity contribution in [2.75, 3.05) is 19.8 Å². The van der Waals surface area contributed by atoms with Crippen molar-refractivity contribution in [3.63, 3.8) is 0 Å². The highest BCUT2D eigenvalue weighted by atomic mass is 19.4. The molecule has 1 aromatic rings. The molecule has 1 amide bonds. The Morgan fingerprint density at radius 2 is 2.19 bits per heavy atom. The molecule has 0 N–H and O–H groups in total. The number of carbonyl (C=O) groups excluding carboxylic acids is 1. The van der Waals surface area contributed by atoms with Crippen molar-refractivity contribution in [3.05, 3.63) is 18.5 Å². The maximum Gasteiger partial charge on any atom is 0.411 e. The summed E-state index contributed by atoms with van der Waals surface area (Å²) >= 11 is 0. The summed E-state index contributed by atoms with van der Waals surface area (Å²) in [5, 5.41) is 4.10. The van der Waals surface area contributed by atoms with Crippen LogP contribution in [0.4, 0.5) is 13.2 Å². The topological polar surface area (TPSA) is 47.4 Å². The zero-order valence-corrected chi connectivity index (χ0v) is 11.6. The number of ether oxygens (including phenoxy) is 1. The molecule has 8 heteroatoms. The van der Waals surface area contributed by atoms with Crippen molar-refractivity contribution in [3.8, 4) is 0 Å². The average molecular weight is 305 g/mol. The Morgan fingerprint density at radius 3 is 2.86 bits per heavy atom. The van der Waals surface area contributed by atoms with Crippen LogP contribution in [0.5, 0.6) is 0 Å². The highest BCUT2D eigenvalue weighted by Crippen LogP contribution is 2.19. The van der Waals surface area contributed by atoms with E-state index >= 15 is 0 Å². The van der Waals surface area contributed by atoms with E-state index in [1.807, 2.05) is 0 Å². The first-order valence-corrected chi connectivity index (χ1v) is 6.87. The van der Waals surface area contributed by atoms with E-state index in [0.29, 0.717) is 13.1 Å². The number of piperidine rings is 1. The number of amides is 1. The Labute approximate surface area is 120 Å². The van der Waals surface area contributed by atoms with Crippen molar-refractivity contribution in [2.45, 2.75) is 38.0 Å². The maximum absolute atomic E-state index is 12.0. The second kappa shape index (κ2) is 6.93. The monoisotopic (exact) mass is 305 g/mol. The zero-order chi connectivity index (χ0) is 15.3. The van der Waals surface area contributed by atoms with Crippen molar-refractivity contribution >= 4 is 5.91 Å². The first kappa shape index (κ1) is 15.8. The molecule has 1 aliphatic heterocycles. The van der Waals surface area contributed by atoms with Crippen LogP contribution in [0.1, 0.15) is 19.3 Å². The second-order valence-corrected chi connectivity index (χ2v) is 5.07. The van der Waals surface area contributed by atoms with Crippen LogP contribution < -0.4 is 0 Å². The largest absolute Gasteiger partial charge is 0.411 e. The maximum atomic E-state index is 12.0. The summed E-state index contributed by atoms with van der Waals surface area (Å²) in [6.45, 7) is -0.816. The number of halogens is 3. The van der Waals surface area contributed by atoms with Gasteiger partial charge in [-0.15, -0.1) is 0 Å². The first-order valence-electron chi connectivity index (χ1n) is 6.87. The molecule has 118 valence electrons. The van der Waals surface area contributed by atoms with Crippen LogP contribution in [-0.4, -0.2) is 52.6 Å². The normalized spacial score (nSPS) is 19.8. The molecule has 1 atom stereocenters. The Morgan fingerprint density at radius 1 is 1.38 bits per heavy atom. The van der Waals surface area contributed by atoms with Crippen LogP contribution in [0.3, 0.4) is 0 Å². The molecule has 1 aliphatic rings. The number of likely N-dealkylation sites (tertiary alicyclic amines) is 1. The molecule has 2 heterocycles. The fourth-order valence-electron chi connectivity index (χ4n) is 2.48. The van der Waals surface area contributed by atoms with Crippen LogP contribution in [0.25, 0.3) is 0 Å². The van der Waals surface area contributed by atoms with E-state index in [0.717, 1.165) is 19.3 Å². The van der Waals surface area contributed by atoms with Crippen molar-refractivity contribution < 1.29 is 22.7 Å². The predicted molar refractivity (Wildman–Crippen MR) is 68.5 cm³/mol. The van der Waals surface area contributed by atoms with Crippen LogP contribution >= 0.6 is 0 Å². The molecule has 0 aliphatic carbocycles. The number of nitrogens with zero attached hydrogens (tertiary/aromatic N) is 3. The van der Waals surface area contributed by atoms with Gasteiger partial charge in [0.05, 0.1) is 12.6 Å². The molecule has 0 spiro atoms. The Kier molecular flexibility index (Phi) is 5.22. The predicted octanol–water partition coefficient (Wildman–Crippen LogP) is 1.84. The minimum absolute atomic E-state index is 0.0411. The molecular formula is C13H18F3N3O2. The Bertz CT molecular complexity index is 448. The quantitative estimate of drug-likeness (QED) is 0.834. The fraction of sp³-hybridized carbons (Fsp3) is 0.692. The summed E-state index contributed by atoms with van der Waals surface area (Å²) in [6, 6.07) is 1.75. The Balaban J connectivity index is 1.87. The van der Waals surface area contributed by atoms with Gasteiger partial charge in [0, 0.05) is 18.9 Å². The molecule has 1 fully saturated rings.